The van der Waals surface area contributed by atoms with Crippen LogP contribution in [0.3, 0.4) is 0 Å². The molecule has 136 valence electrons. The lowest BCUT2D eigenvalue weighted by molar-refractivity contribution is -0.136. The van der Waals surface area contributed by atoms with E-state index in [0.717, 1.165) is 30.6 Å². The summed E-state index contributed by atoms with van der Waals surface area (Å²) in [6.45, 7) is 2.14. The second-order valence-corrected chi connectivity index (χ2v) is 5.73. The largest absolute Gasteiger partial charge is 0.497 e. The van der Waals surface area contributed by atoms with E-state index in [4.69, 9.17) is 4.74 Å². The minimum absolute atomic E-state index is 0.574. The number of methoxy groups -OCH3 is 1. The van der Waals surface area contributed by atoms with Crippen molar-refractivity contribution in [1.82, 2.24) is 5.43 Å². The van der Waals surface area contributed by atoms with Crippen LogP contribution in [0.2, 0.25) is 0 Å². The summed E-state index contributed by atoms with van der Waals surface area (Å²) in [5.74, 6) is -0.866. The Kier molecular flexibility index (Phi) is 7.36. The normalized spacial score (nSPS) is 10.5. The van der Waals surface area contributed by atoms with Crippen LogP contribution in [0.4, 0.5) is 5.69 Å². The Bertz CT molecular complexity index is 753. The smallest absolute Gasteiger partial charge is 0.329 e. The number of aryl methyl sites for hydroxylation is 1. The Morgan fingerprint density at radius 1 is 1.04 bits per heavy atom. The zero-order valence-electron chi connectivity index (χ0n) is 15.0. The summed E-state index contributed by atoms with van der Waals surface area (Å²) in [5, 5.41) is 6.33. The van der Waals surface area contributed by atoms with E-state index in [1.54, 1.807) is 43.5 Å². The fourth-order valence-corrected chi connectivity index (χ4v) is 2.23. The Labute approximate surface area is 153 Å². The Morgan fingerprint density at radius 3 is 2.35 bits per heavy atom. The van der Waals surface area contributed by atoms with Crippen LogP contribution in [0.15, 0.2) is 53.6 Å². The Hall–Kier alpha value is -3.15. The number of unbranched alkanes of at least 4 members (excludes halogenated alkanes) is 1. The van der Waals surface area contributed by atoms with Crippen molar-refractivity contribution in [2.75, 3.05) is 12.4 Å². The third kappa shape index (κ3) is 6.05. The molecule has 6 nitrogen and oxygen atoms in total. The van der Waals surface area contributed by atoms with E-state index < -0.39 is 11.8 Å². The lowest BCUT2D eigenvalue weighted by atomic mass is 10.1. The van der Waals surface area contributed by atoms with E-state index in [1.165, 1.54) is 11.8 Å². The average molecular weight is 353 g/mol. The fraction of sp³-hybridized carbons (Fsp3) is 0.250. The number of hydrogen-bond donors (Lipinski definition) is 2. The number of anilines is 1. The van der Waals surface area contributed by atoms with Crippen molar-refractivity contribution in [3.05, 3.63) is 59.7 Å². The molecule has 0 saturated carbocycles. The van der Waals surface area contributed by atoms with E-state index >= 15 is 0 Å². The lowest BCUT2D eigenvalue weighted by Crippen LogP contribution is -2.32. The highest BCUT2D eigenvalue weighted by atomic mass is 16.5. The van der Waals surface area contributed by atoms with Gasteiger partial charge in [-0.15, -0.1) is 0 Å². The van der Waals surface area contributed by atoms with Gasteiger partial charge in [-0.1, -0.05) is 25.5 Å². The van der Waals surface area contributed by atoms with Crippen LogP contribution in [0.5, 0.6) is 5.75 Å². The van der Waals surface area contributed by atoms with Crippen molar-refractivity contribution in [2.24, 2.45) is 5.10 Å². The van der Waals surface area contributed by atoms with Gasteiger partial charge in [0, 0.05) is 5.69 Å². The second-order valence-electron chi connectivity index (χ2n) is 5.73. The predicted molar refractivity (Wildman–Crippen MR) is 102 cm³/mol. The summed E-state index contributed by atoms with van der Waals surface area (Å²) in [5.41, 5.74) is 4.76. The number of nitrogens with one attached hydrogen (secondary N) is 2. The first-order valence-electron chi connectivity index (χ1n) is 8.49. The van der Waals surface area contributed by atoms with Crippen molar-refractivity contribution >= 4 is 23.7 Å². The highest BCUT2D eigenvalue weighted by Gasteiger charge is 2.12. The number of nitrogens with zero attached hydrogens (tertiary/aromatic N) is 1. The zero-order chi connectivity index (χ0) is 18.8. The quantitative estimate of drug-likeness (QED) is 0.456. The molecular formula is C20H23N3O3. The third-order valence-electron chi connectivity index (χ3n) is 3.73. The predicted octanol–water partition coefficient (Wildman–Crippen LogP) is 3.13. The molecule has 0 fully saturated rings. The van der Waals surface area contributed by atoms with E-state index in [2.05, 4.69) is 22.8 Å². The fourth-order valence-electron chi connectivity index (χ4n) is 2.23. The summed E-state index contributed by atoms with van der Waals surface area (Å²) >= 11 is 0. The summed E-state index contributed by atoms with van der Waals surface area (Å²) in [7, 11) is 1.58. The minimum Gasteiger partial charge on any atom is -0.497 e. The number of rotatable bonds is 7. The van der Waals surface area contributed by atoms with Gasteiger partial charge in [0.15, 0.2) is 0 Å². The van der Waals surface area contributed by atoms with Crippen LogP contribution in [0.1, 0.15) is 30.9 Å². The van der Waals surface area contributed by atoms with Crippen molar-refractivity contribution < 1.29 is 14.3 Å². The number of ether oxygens (including phenoxy) is 1. The molecule has 0 saturated heterocycles. The molecule has 2 aromatic rings. The van der Waals surface area contributed by atoms with E-state index in [0.29, 0.717) is 5.69 Å². The van der Waals surface area contributed by atoms with Gasteiger partial charge < -0.3 is 10.1 Å². The maximum Gasteiger partial charge on any atom is 0.329 e. The molecule has 0 atom stereocenters. The van der Waals surface area contributed by atoms with Crippen LogP contribution in [-0.2, 0) is 16.0 Å². The number of hydrazone groups is 1. The van der Waals surface area contributed by atoms with Crippen molar-refractivity contribution in [3.8, 4) is 5.75 Å². The molecule has 0 radical (unpaired) electrons. The van der Waals surface area contributed by atoms with E-state index in [1.807, 2.05) is 12.1 Å². The van der Waals surface area contributed by atoms with Crippen LogP contribution in [-0.4, -0.2) is 25.1 Å². The average Bonchev–Trinajstić information content (AvgIpc) is 2.67. The molecular weight excluding hydrogens is 330 g/mol. The number of carbonyl (C=O) groups is 2. The first-order chi connectivity index (χ1) is 12.6. The summed E-state index contributed by atoms with van der Waals surface area (Å²) < 4.78 is 5.06. The molecule has 0 aliphatic carbocycles. The van der Waals surface area contributed by atoms with Gasteiger partial charge >= 0.3 is 11.8 Å². The van der Waals surface area contributed by atoms with Crippen molar-refractivity contribution in [1.29, 1.82) is 0 Å². The molecule has 0 unspecified atom stereocenters. The Morgan fingerprint density at radius 2 is 1.73 bits per heavy atom. The maximum absolute atomic E-state index is 11.9. The van der Waals surface area contributed by atoms with Gasteiger partial charge in [-0.05, 0) is 60.4 Å². The van der Waals surface area contributed by atoms with E-state index in [-0.39, 0.29) is 0 Å². The SMILES string of the molecule is CCCCc1ccc(NC(=O)C(=O)N/N=C/c2ccc(OC)cc2)cc1. The lowest BCUT2D eigenvalue weighted by Gasteiger charge is -2.05. The van der Waals surface area contributed by atoms with Crippen molar-refractivity contribution in [2.45, 2.75) is 26.2 Å². The molecule has 0 aliphatic rings. The monoisotopic (exact) mass is 353 g/mol. The Balaban J connectivity index is 1.82. The molecule has 0 aliphatic heterocycles. The van der Waals surface area contributed by atoms with Gasteiger partial charge in [-0.2, -0.15) is 5.10 Å². The van der Waals surface area contributed by atoms with Gasteiger partial charge in [-0.25, -0.2) is 5.43 Å². The third-order valence-corrected chi connectivity index (χ3v) is 3.73. The van der Waals surface area contributed by atoms with Gasteiger partial charge in [0.25, 0.3) is 0 Å². The topological polar surface area (TPSA) is 79.8 Å². The summed E-state index contributed by atoms with van der Waals surface area (Å²) in [6.07, 6.45) is 4.72. The molecule has 0 spiro atoms. The van der Waals surface area contributed by atoms with Crippen LogP contribution in [0, 0.1) is 0 Å². The van der Waals surface area contributed by atoms with Crippen LogP contribution < -0.4 is 15.5 Å². The maximum atomic E-state index is 11.9. The number of hydrogen-bond acceptors (Lipinski definition) is 4. The number of amides is 2. The highest BCUT2D eigenvalue weighted by molar-refractivity contribution is 6.39. The number of benzene rings is 2. The molecule has 0 heterocycles. The van der Waals surface area contributed by atoms with Gasteiger partial charge in [0.1, 0.15) is 5.75 Å². The van der Waals surface area contributed by atoms with E-state index in [9.17, 15) is 9.59 Å². The zero-order valence-corrected chi connectivity index (χ0v) is 15.0. The van der Waals surface area contributed by atoms with Crippen LogP contribution >= 0.6 is 0 Å². The van der Waals surface area contributed by atoms with Gasteiger partial charge in [-0.3, -0.25) is 9.59 Å². The molecule has 2 aromatic carbocycles. The van der Waals surface area contributed by atoms with Crippen LogP contribution in [0.25, 0.3) is 0 Å². The molecule has 0 bridgehead atoms. The number of carbonyl (C=O) groups excluding carboxylic acids is 2. The molecule has 0 aromatic heterocycles. The highest BCUT2D eigenvalue weighted by Crippen LogP contribution is 2.12. The second kappa shape index (κ2) is 9.98. The van der Waals surface area contributed by atoms with Crippen molar-refractivity contribution in [3.63, 3.8) is 0 Å². The molecule has 26 heavy (non-hydrogen) atoms. The first-order valence-corrected chi connectivity index (χ1v) is 8.49. The minimum atomic E-state index is -0.829. The standard InChI is InChI=1S/C20H23N3O3/c1-3-4-5-15-6-10-17(11-7-15)22-19(24)20(25)23-21-14-16-8-12-18(26-2)13-9-16/h6-14H,3-5H2,1-2H3,(H,22,24)(H,23,25)/b21-14+. The molecule has 2 amide bonds. The summed E-state index contributed by atoms with van der Waals surface area (Å²) in [4.78, 5) is 23.7. The first kappa shape index (κ1) is 19.2. The van der Waals surface area contributed by atoms with Gasteiger partial charge in [0.2, 0.25) is 0 Å². The molecule has 6 heteroatoms. The molecule has 2 N–H and O–H groups in total. The summed E-state index contributed by atoms with van der Waals surface area (Å²) in [6, 6.07) is 14.6. The molecule has 2 rings (SSSR count). The van der Waals surface area contributed by atoms with Gasteiger partial charge in [0.05, 0.1) is 13.3 Å².